The molecule has 0 fully saturated rings. The number of carbonyl (C=O) groups excluding carboxylic acids is 1. The van der Waals surface area contributed by atoms with E-state index in [0.717, 1.165) is 11.1 Å². The largest absolute Gasteiger partial charge is 0.383 e. The summed E-state index contributed by atoms with van der Waals surface area (Å²) < 4.78 is 6.65. The highest BCUT2D eigenvalue weighted by Crippen LogP contribution is 2.25. The highest BCUT2D eigenvalue weighted by molar-refractivity contribution is 5.91. The van der Waals surface area contributed by atoms with Crippen LogP contribution in [0.4, 0.5) is 0 Å². The molecule has 1 N–H and O–H groups in total. The van der Waals surface area contributed by atoms with Gasteiger partial charge in [0.15, 0.2) is 5.69 Å². The van der Waals surface area contributed by atoms with E-state index in [1.54, 1.807) is 18.0 Å². The molecule has 25 heavy (non-hydrogen) atoms. The molecule has 0 aliphatic carbocycles. The highest BCUT2D eigenvalue weighted by Gasteiger charge is 2.19. The third-order valence-corrected chi connectivity index (χ3v) is 3.83. The van der Waals surface area contributed by atoms with Crippen LogP contribution in [0.25, 0.3) is 0 Å². The fourth-order valence-electron chi connectivity index (χ4n) is 2.63. The maximum atomic E-state index is 12.1. The normalized spacial score (nSPS) is 10.8. The molecule has 128 valence electrons. The number of hydrogen-bond donors (Lipinski definition) is 1. The highest BCUT2D eigenvalue weighted by atomic mass is 16.5. The van der Waals surface area contributed by atoms with Crippen molar-refractivity contribution in [3.63, 3.8) is 0 Å². The lowest BCUT2D eigenvalue weighted by molar-refractivity contribution is 0.0932. The molecule has 1 heterocycles. The summed E-state index contributed by atoms with van der Waals surface area (Å²) in [6, 6.07) is 19.9. The third kappa shape index (κ3) is 4.10. The minimum atomic E-state index is -0.261. The van der Waals surface area contributed by atoms with Crippen LogP contribution < -0.4 is 5.32 Å². The molecule has 0 unspecified atom stereocenters. The molecule has 1 aromatic heterocycles. The molecule has 0 aliphatic rings. The van der Waals surface area contributed by atoms with E-state index in [-0.39, 0.29) is 17.6 Å². The molecule has 0 saturated carbocycles. The number of amides is 1. The van der Waals surface area contributed by atoms with E-state index in [1.165, 1.54) is 0 Å². The Bertz CT molecular complexity index is 763. The average molecular weight is 336 g/mol. The summed E-state index contributed by atoms with van der Waals surface area (Å²) in [4.78, 5) is 12.1. The predicted octanol–water partition coefficient (Wildman–Crippen LogP) is 2.29. The molecule has 0 aliphatic heterocycles. The monoisotopic (exact) mass is 336 g/mol. The van der Waals surface area contributed by atoms with Crippen LogP contribution in [0.1, 0.15) is 27.7 Å². The summed E-state index contributed by atoms with van der Waals surface area (Å²) in [7, 11) is 1.59. The lowest BCUT2D eigenvalue weighted by Crippen LogP contribution is -2.27. The van der Waals surface area contributed by atoms with E-state index in [2.05, 4.69) is 15.6 Å². The second-order valence-corrected chi connectivity index (χ2v) is 5.56. The Morgan fingerprint density at radius 1 is 1.08 bits per heavy atom. The van der Waals surface area contributed by atoms with Gasteiger partial charge in [0, 0.05) is 13.7 Å². The Morgan fingerprint density at radius 2 is 1.68 bits per heavy atom. The van der Waals surface area contributed by atoms with Crippen molar-refractivity contribution in [3.8, 4) is 0 Å². The number of nitrogens with one attached hydrogen (secondary N) is 1. The second kappa shape index (κ2) is 8.21. The maximum absolute atomic E-state index is 12.1. The minimum Gasteiger partial charge on any atom is -0.383 e. The molecule has 0 spiro atoms. The molecule has 0 saturated heterocycles. The molecular formula is C19H20N4O2. The predicted molar refractivity (Wildman–Crippen MR) is 94.4 cm³/mol. The van der Waals surface area contributed by atoms with Gasteiger partial charge < -0.3 is 10.1 Å². The molecule has 1 amide bonds. The van der Waals surface area contributed by atoms with Gasteiger partial charge in [0.05, 0.1) is 12.8 Å². The van der Waals surface area contributed by atoms with Crippen LogP contribution in [0, 0.1) is 0 Å². The lowest BCUT2D eigenvalue weighted by Gasteiger charge is -2.17. The van der Waals surface area contributed by atoms with Crippen LogP contribution in [-0.2, 0) is 4.74 Å². The smallest absolute Gasteiger partial charge is 0.273 e. The van der Waals surface area contributed by atoms with Crippen molar-refractivity contribution < 1.29 is 9.53 Å². The first kappa shape index (κ1) is 16.9. The summed E-state index contributed by atoms with van der Waals surface area (Å²) in [5.41, 5.74) is 2.43. The van der Waals surface area contributed by atoms with Crippen LogP contribution >= 0.6 is 0 Å². The number of hydrogen-bond acceptors (Lipinski definition) is 4. The van der Waals surface area contributed by atoms with Crippen molar-refractivity contribution in [2.24, 2.45) is 0 Å². The molecule has 2 aromatic carbocycles. The molecule has 3 rings (SSSR count). The Morgan fingerprint density at radius 3 is 2.24 bits per heavy atom. The van der Waals surface area contributed by atoms with Crippen LogP contribution in [-0.4, -0.2) is 41.2 Å². The number of nitrogens with zero attached hydrogens (tertiary/aromatic N) is 3. The summed E-state index contributed by atoms with van der Waals surface area (Å²) in [5.74, 6) is -0.261. The van der Waals surface area contributed by atoms with Crippen LogP contribution in [0.3, 0.4) is 0 Å². The van der Waals surface area contributed by atoms with Crippen molar-refractivity contribution in [1.29, 1.82) is 0 Å². The maximum Gasteiger partial charge on any atom is 0.273 e. The fourth-order valence-corrected chi connectivity index (χ4v) is 2.63. The van der Waals surface area contributed by atoms with E-state index in [9.17, 15) is 4.79 Å². The Labute approximate surface area is 146 Å². The standard InChI is InChI=1S/C19H20N4O2/c1-25-13-12-20-19(24)17-14-23(22-21-17)18(15-8-4-2-5-9-15)16-10-6-3-7-11-16/h2-11,14,18H,12-13H2,1H3,(H,20,24). The first-order valence-corrected chi connectivity index (χ1v) is 8.08. The van der Waals surface area contributed by atoms with Gasteiger partial charge in [-0.15, -0.1) is 5.10 Å². The van der Waals surface area contributed by atoms with Crippen molar-refractivity contribution in [3.05, 3.63) is 83.7 Å². The van der Waals surface area contributed by atoms with Gasteiger partial charge in [-0.3, -0.25) is 4.79 Å². The molecule has 6 nitrogen and oxygen atoms in total. The van der Waals surface area contributed by atoms with Crippen molar-refractivity contribution in [2.75, 3.05) is 20.3 Å². The van der Waals surface area contributed by atoms with Gasteiger partial charge in [-0.1, -0.05) is 65.9 Å². The number of rotatable bonds is 7. The summed E-state index contributed by atoms with van der Waals surface area (Å²) in [5, 5.41) is 11.0. The SMILES string of the molecule is COCCNC(=O)c1cn(C(c2ccccc2)c2ccccc2)nn1. The summed E-state index contributed by atoms with van der Waals surface area (Å²) >= 11 is 0. The zero-order chi connectivity index (χ0) is 17.5. The molecular weight excluding hydrogens is 316 g/mol. The average Bonchev–Trinajstić information content (AvgIpc) is 3.14. The Hall–Kier alpha value is -2.99. The number of benzene rings is 2. The van der Waals surface area contributed by atoms with E-state index in [4.69, 9.17) is 4.74 Å². The zero-order valence-corrected chi connectivity index (χ0v) is 14.0. The number of carbonyl (C=O) groups is 1. The van der Waals surface area contributed by atoms with Crippen LogP contribution in [0.2, 0.25) is 0 Å². The van der Waals surface area contributed by atoms with E-state index in [1.807, 2.05) is 60.7 Å². The van der Waals surface area contributed by atoms with Gasteiger partial charge in [0.2, 0.25) is 0 Å². The lowest BCUT2D eigenvalue weighted by atomic mass is 9.99. The quantitative estimate of drug-likeness (QED) is 0.672. The van der Waals surface area contributed by atoms with Gasteiger partial charge in [0.25, 0.3) is 5.91 Å². The first-order chi connectivity index (χ1) is 12.3. The van der Waals surface area contributed by atoms with Gasteiger partial charge in [-0.05, 0) is 11.1 Å². The van der Waals surface area contributed by atoms with E-state index < -0.39 is 0 Å². The van der Waals surface area contributed by atoms with Crippen LogP contribution in [0.15, 0.2) is 66.9 Å². The summed E-state index contributed by atoms with van der Waals surface area (Å²) in [6.45, 7) is 0.888. The van der Waals surface area contributed by atoms with E-state index >= 15 is 0 Å². The number of aromatic nitrogens is 3. The van der Waals surface area contributed by atoms with Crippen molar-refractivity contribution in [2.45, 2.75) is 6.04 Å². The second-order valence-electron chi connectivity index (χ2n) is 5.56. The Kier molecular flexibility index (Phi) is 5.53. The van der Waals surface area contributed by atoms with Gasteiger partial charge in [-0.25, -0.2) is 4.68 Å². The van der Waals surface area contributed by atoms with Crippen LogP contribution in [0.5, 0.6) is 0 Å². The van der Waals surface area contributed by atoms with Gasteiger partial charge in [0.1, 0.15) is 6.04 Å². The molecule has 3 aromatic rings. The molecule has 0 radical (unpaired) electrons. The molecule has 0 atom stereocenters. The van der Waals surface area contributed by atoms with Crippen molar-refractivity contribution >= 4 is 5.91 Å². The number of ether oxygens (including phenoxy) is 1. The van der Waals surface area contributed by atoms with Crippen molar-refractivity contribution in [1.82, 2.24) is 20.3 Å². The minimum absolute atomic E-state index is 0.143. The zero-order valence-electron chi connectivity index (χ0n) is 14.0. The van der Waals surface area contributed by atoms with Gasteiger partial charge in [-0.2, -0.15) is 0 Å². The van der Waals surface area contributed by atoms with Gasteiger partial charge >= 0.3 is 0 Å². The first-order valence-electron chi connectivity index (χ1n) is 8.08. The fraction of sp³-hybridized carbons (Fsp3) is 0.211. The van der Waals surface area contributed by atoms with E-state index in [0.29, 0.717) is 13.2 Å². The number of methoxy groups -OCH3 is 1. The topological polar surface area (TPSA) is 69.0 Å². The molecule has 0 bridgehead atoms. The Balaban J connectivity index is 1.89. The summed E-state index contributed by atoms with van der Waals surface area (Å²) in [6.07, 6.45) is 1.67. The third-order valence-electron chi connectivity index (χ3n) is 3.83. The molecule has 6 heteroatoms.